The summed E-state index contributed by atoms with van der Waals surface area (Å²) in [5.41, 5.74) is 0.906. The molecule has 2 aromatic rings. The van der Waals surface area contributed by atoms with Crippen LogP contribution in [0.4, 0.5) is 0 Å². The Balaban J connectivity index is 1.41. The van der Waals surface area contributed by atoms with Gasteiger partial charge in [0.05, 0.1) is 12.2 Å². The van der Waals surface area contributed by atoms with Gasteiger partial charge in [0.1, 0.15) is 5.76 Å². The fraction of sp³-hybridized carbons (Fsp3) is 0.650. The van der Waals surface area contributed by atoms with E-state index in [1.165, 1.54) is 0 Å². The molecule has 2 aliphatic rings. The fourth-order valence-corrected chi connectivity index (χ4v) is 4.66. The quantitative estimate of drug-likeness (QED) is 0.764. The number of aryl methyl sites for hydroxylation is 1. The number of likely N-dealkylation sites (tertiary alicyclic amines) is 1. The SMILES string of the molecule is CCN(CC)C(=O)c1cn(C2CCC23CCN(C(=O)c2cc(C)on2)CC3)nn1. The number of hydrogen-bond donors (Lipinski definition) is 0. The largest absolute Gasteiger partial charge is 0.361 e. The Labute approximate surface area is 170 Å². The number of carbonyl (C=O) groups excluding carboxylic acids is 2. The van der Waals surface area contributed by atoms with E-state index in [9.17, 15) is 9.59 Å². The summed E-state index contributed by atoms with van der Waals surface area (Å²) >= 11 is 0. The predicted molar refractivity (Wildman–Crippen MR) is 104 cm³/mol. The molecule has 4 rings (SSSR count). The molecule has 1 aliphatic heterocycles. The molecule has 2 amide bonds. The van der Waals surface area contributed by atoms with Gasteiger partial charge in [-0.05, 0) is 51.9 Å². The standard InChI is InChI=1S/C20H28N6O3/c1-4-24(5-2)19(28)16-13-26(23-21-16)17-6-7-20(17)8-10-25(11-9-20)18(27)15-12-14(3)29-22-15/h12-13,17H,4-11H2,1-3H3. The lowest BCUT2D eigenvalue weighted by atomic mass is 9.59. The fourth-order valence-electron chi connectivity index (χ4n) is 4.66. The topological polar surface area (TPSA) is 97.4 Å². The summed E-state index contributed by atoms with van der Waals surface area (Å²) < 4.78 is 6.91. The Hall–Kier alpha value is -2.71. The summed E-state index contributed by atoms with van der Waals surface area (Å²) in [5.74, 6) is 0.500. The Kier molecular flexibility index (Phi) is 5.14. The Bertz CT molecular complexity index is 892. The lowest BCUT2D eigenvalue weighted by molar-refractivity contribution is -0.0270. The highest BCUT2D eigenvalue weighted by Gasteiger charge is 2.50. The summed E-state index contributed by atoms with van der Waals surface area (Å²) in [4.78, 5) is 28.7. The predicted octanol–water partition coefficient (Wildman–Crippen LogP) is 2.31. The molecule has 9 heteroatoms. The second-order valence-electron chi connectivity index (χ2n) is 8.09. The van der Waals surface area contributed by atoms with Crippen molar-refractivity contribution in [1.29, 1.82) is 0 Å². The molecule has 0 radical (unpaired) electrons. The van der Waals surface area contributed by atoms with Gasteiger partial charge in [0.2, 0.25) is 0 Å². The molecule has 2 fully saturated rings. The molecule has 29 heavy (non-hydrogen) atoms. The molecule has 1 atom stereocenters. The van der Waals surface area contributed by atoms with Gasteiger partial charge >= 0.3 is 0 Å². The molecule has 0 N–H and O–H groups in total. The van der Waals surface area contributed by atoms with Crippen molar-refractivity contribution < 1.29 is 14.1 Å². The maximum atomic E-state index is 12.6. The third-order valence-corrected chi connectivity index (χ3v) is 6.62. The zero-order valence-corrected chi connectivity index (χ0v) is 17.3. The number of amides is 2. The van der Waals surface area contributed by atoms with Crippen LogP contribution in [0.15, 0.2) is 16.8 Å². The summed E-state index contributed by atoms with van der Waals surface area (Å²) in [6.07, 6.45) is 5.77. The molecule has 9 nitrogen and oxygen atoms in total. The number of hydrogen-bond acceptors (Lipinski definition) is 6. The normalized spacial score (nSPS) is 20.5. The average molecular weight is 400 g/mol. The third-order valence-electron chi connectivity index (χ3n) is 6.62. The minimum Gasteiger partial charge on any atom is -0.361 e. The van der Waals surface area contributed by atoms with Crippen molar-refractivity contribution in [3.63, 3.8) is 0 Å². The van der Waals surface area contributed by atoms with Crippen LogP contribution >= 0.6 is 0 Å². The van der Waals surface area contributed by atoms with Gasteiger partial charge in [0.25, 0.3) is 11.8 Å². The van der Waals surface area contributed by atoms with E-state index in [0.29, 0.717) is 43.3 Å². The Morgan fingerprint density at radius 1 is 1.21 bits per heavy atom. The highest BCUT2D eigenvalue weighted by Crippen LogP contribution is 2.56. The molecule has 156 valence electrons. The van der Waals surface area contributed by atoms with Gasteiger partial charge in [-0.3, -0.25) is 9.59 Å². The van der Waals surface area contributed by atoms with E-state index < -0.39 is 0 Å². The first-order valence-corrected chi connectivity index (χ1v) is 10.4. The Morgan fingerprint density at radius 2 is 1.93 bits per heavy atom. The second kappa shape index (κ2) is 7.61. The van der Waals surface area contributed by atoms with Crippen LogP contribution in [-0.2, 0) is 0 Å². The van der Waals surface area contributed by atoms with Crippen LogP contribution < -0.4 is 0 Å². The number of rotatable bonds is 5. The number of piperidine rings is 1. The van der Waals surface area contributed by atoms with Crippen LogP contribution in [0.3, 0.4) is 0 Å². The van der Waals surface area contributed by atoms with Crippen LogP contribution in [-0.4, -0.2) is 67.9 Å². The molecular formula is C20H28N6O3. The lowest BCUT2D eigenvalue weighted by Crippen LogP contribution is -2.51. The molecule has 0 bridgehead atoms. The molecule has 1 saturated carbocycles. The van der Waals surface area contributed by atoms with Crippen molar-refractivity contribution in [2.24, 2.45) is 5.41 Å². The minimum absolute atomic E-state index is 0.0690. The monoisotopic (exact) mass is 400 g/mol. The van der Waals surface area contributed by atoms with Crippen molar-refractivity contribution in [1.82, 2.24) is 30.0 Å². The van der Waals surface area contributed by atoms with E-state index in [4.69, 9.17) is 4.52 Å². The van der Waals surface area contributed by atoms with Gasteiger partial charge < -0.3 is 14.3 Å². The maximum Gasteiger partial charge on any atom is 0.276 e. The third kappa shape index (κ3) is 3.42. The van der Waals surface area contributed by atoms with Gasteiger partial charge in [-0.1, -0.05) is 10.4 Å². The van der Waals surface area contributed by atoms with E-state index in [0.717, 1.165) is 25.7 Å². The van der Waals surface area contributed by atoms with Crippen molar-refractivity contribution >= 4 is 11.8 Å². The summed E-state index contributed by atoms with van der Waals surface area (Å²) in [5, 5.41) is 12.3. The van der Waals surface area contributed by atoms with E-state index in [1.807, 2.05) is 23.4 Å². The van der Waals surface area contributed by atoms with Crippen LogP contribution in [0.5, 0.6) is 0 Å². The van der Waals surface area contributed by atoms with Crippen LogP contribution in [0, 0.1) is 12.3 Å². The van der Waals surface area contributed by atoms with Crippen molar-refractivity contribution in [2.75, 3.05) is 26.2 Å². The van der Waals surface area contributed by atoms with Gasteiger partial charge in [-0.25, -0.2) is 4.68 Å². The number of nitrogens with zero attached hydrogens (tertiary/aromatic N) is 6. The van der Waals surface area contributed by atoms with E-state index in [2.05, 4.69) is 15.5 Å². The first kappa shape index (κ1) is 19.6. The first-order chi connectivity index (χ1) is 14.0. The molecular weight excluding hydrogens is 372 g/mol. The zero-order valence-electron chi connectivity index (χ0n) is 17.3. The first-order valence-electron chi connectivity index (χ1n) is 10.4. The van der Waals surface area contributed by atoms with Crippen LogP contribution in [0.25, 0.3) is 0 Å². The average Bonchev–Trinajstić information content (AvgIpc) is 3.37. The van der Waals surface area contributed by atoms with Gasteiger partial charge in [0, 0.05) is 32.2 Å². The molecule has 1 spiro atoms. The molecule has 3 heterocycles. The zero-order chi connectivity index (χ0) is 20.6. The highest BCUT2D eigenvalue weighted by atomic mass is 16.5. The van der Waals surface area contributed by atoms with Gasteiger partial charge in [0.15, 0.2) is 11.4 Å². The molecule has 2 aromatic heterocycles. The summed E-state index contributed by atoms with van der Waals surface area (Å²) in [6.45, 7) is 8.41. The van der Waals surface area contributed by atoms with Crippen LogP contribution in [0.1, 0.15) is 72.3 Å². The van der Waals surface area contributed by atoms with E-state index in [1.54, 1.807) is 24.1 Å². The highest BCUT2D eigenvalue weighted by molar-refractivity contribution is 5.92. The number of carbonyl (C=O) groups is 2. The Morgan fingerprint density at radius 3 is 2.48 bits per heavy atom. The van der Waals surface area contributed by atoms with Crippen molar-refractivity contribution in [3.05, 3.63) is 29.4 Å². The van der Waals surface area contributed by atoms with Gasteiger partial charge in [-0.2, -0.15) is 0 Å². The lowest BCUT2D eigenvalue weighted by Gasteiger charge is -2.53. The maximum absolute atomic E-state index is 12.6. The second-order valence-corrected chi connectivity index (χ2v) is 8.09. The van der Waals surface area contributed by atoms with Crippen molar-refractivity contribution in [2.45, 2.75) is 52.5 Å². The molecule has 1 unspecified atom stereocenters. The number of aromatic nitrogens is 4. The van der Waals surface area contributed by atoms with E-state index in [-0.39, 0.29) is 23.3 Å². The molecule has 1 aliphatic carbocycles. The smallest absolute Gasteiger partial charge is 0.276 e. The minimum atomic E-state index is -0.0713. The molecule has 0 aromatic carbocycles. The molecule has 1 saturated heterocycles. The van der Waals surface area contributed by atoms with Crippen molar-refractivity contribution in [3.8, 4) is 0 Å². The van der Waals surface area contributed by atoms with Crippen LogP contribution in [0.2, 0.25) is 0 Å². The van der Waals surface area contributed by atoms with Gasteiger partial charge in [-0.15, -0.1) is 5.10 Å². The summed E-state index contributed by atoms with van der Waals surface area (Å²) in [7, 11) is 0. The van der Waals surface area contributed by atoms with E-state index >= 15 is 0 Å². The summed E-state index contributed by atoms with van der Waals surface area (Å²) in [6, 6.07) is 1.92.